The van der Waals surface area contributed by atoms with E-state index >= 15 is 0 Å². The molecule has 24 heavy (non-hydrogen) atoms. The molecule has 0 saturated carbocycles. The van der Waals surface area contributed by atoms with E-state index in [1.807, 2.05) is 36.4 Å². The molecule has 0 bridgehead atoms. The van der Waals surface area contributed by atoms with Crippen molar-refractivity contribution in [3.63, 3.8) is 0 Å². The molecule has 0 aliphatic carbocycles. The lowest BCUT2D eigenvalue weighted by Gasteiger charge is -1.97. The standard InChI is InChI=1S/C18H14N2O3S/c1-2-5-13(6-3-1)7-4-10-24-18-20-19-17(23-18)14-8-9-15-16(11-14)22-12-21-15/h1-9,11H,10,12H2/b7-4+. The lowest BCUT2D eigenvalue weighted by molar-refractivity contribution is 0.174. The number of rotatable bonds is 5. The zero-order valence-corrected chi connectivity index (χ0v) is 13.5. The van der Waals surface area contributed by atoms with Crippen molar-refractivity contribution < 1.29 is 13.9 Å². The Morgan fingerprint density at radius 1 is 1.00 bits per heavy atom. The van der Waals surface area contributed by atoms with E-state index in [4.69, 9.17) is 13.9 Å². The normalized spacial score (nSPS) is 12.8. The Morgan fingerprint density at radius 3 is 2.79 bits per heavy atom. The van der Waals surface area contributed by atoms with E-state index in [-0.39, 0.29) is 6.79 Å². The summed E-state index contributed by atoms with van der Waals surface area (Å²) in [6.07, 6.45) is 4.15. The van der Waals surface area contributed by atoms with Gasteiger partial charge in [0.05, 0.1) is 0 Å². The fourth-order valence-corrected chi connectivity index (χ4v) is 2.85. The Kier molecular flexibility index (Phi) is 4.20. The molecule has 0 unspecified atom stereocenters. The number of hydrogen-bond acceptors (Lipinski definition) is 6. The van der Waals surface area contributed by atoms with Gasteiger partial charge in [-0.1, -0.05) is 54.2 Å². The van der Waals surface area contributed by atoms with Gasteiger partial charge in [0.15, 0.2) is 11.5 Å². The molecule has 1 aliphatic rings. The van der Waals surface area contributed by atoms with Crippen LogP contribution in [0, 0.1) is 0 Å². The summed E-state index contributed by atoms with van der Waals surface area (Å²) in [5.41, 5.74) is 1.99. The third-order valence-corrected chi connectivity index (χ3v) is 4.21. The Labute approximate surface area is 143 Å². The van der Waals surface area contributed by atoms with Crippen LogP contribution in [0.2, 0.25) is 0 Å². The topological polar surface area (TPSA) is 57.4 Å². The van der Waals surface area contributed by atoms with Gasteiger partial charge in [-0.3, -0.25) is 0 Å². The minimum Gasteiger partial charge on any atom is -0.454 e. The number of aromatic nitrogens is 2. The van der Waals surface area contributed by atoms with Crippen LogP contribution >= 0.6 is 11.8 Å². The molecule has 3 aromatic rings. The van der Waals surface area contributed by atoms with Gasteiger partial charge in [0.1, 0.15) is 0 Å². The Balaban J connectivity index is 1.39. The van der Waals surface area contributed by atoms with E-state index in [0.717, 1.165) is 17.1 Å². The number of thioether (sulfide) groups is 1. The number of benzene rings is 2. The highest BCUT2D eigenvalue weighted by atomic mass is 32.2. The van der Waals surface area contributed by atoms with Crippen molar-refractivity contribution in [2.45, 2.75) is 5.22 Å². The maximum Gasteiger partial charge on any atom is 0.277 e. The van der Waals surface area contributed by atoms with Crippen LogP contribution in [0.15, 0.2) is 64.2 Å². The van der Waals surface area contributed by atoms with Crippen LogP contribution < -0.4 is 9.47 Å². The van der Waals surface area contributed by atoms with Gasteiger partial charge in [0.25, 0.3) is 5.22 Å². The first-order chi connectivity index (χ1) is 11.9. The molecule has 0 radical (unpaired) electrons. The molecule has 0 fully saturated rings. The van der Waals surface area contributed by atoms with Crippen molar-refractivity contribution in [3.8, 4) is 23.0 Å². The van der Waals surface area contributed by atoms with Gasteiger partial charge in [0.2, 0.25) is 12.7 Å². The fourth-order valence-electron chi connectivity index (χ4n) is 2.28. The van der Waals surface area contributed by atoms with Crippen molar-refractivity contribution in [2.24, 2.45) is 0 Å². The number of ether oxygens (including phenoxy) is 2. The molecule has 4 rings (SSSR count). The number of nitrogens with zero attached hydrogens (tertiary/aromatic N) is 2. The molecular weight excluding hydrogens is 324 g/mol. The monoisotopic (exact) mass is 338 g/mol. The third-order valence-electron chi connectivity index (χ3n) is 3.44. The summed E-state index contributed by atoms with van der Waals surface area (Å²) in [6.45, 7) is 0.247. The lowest BCUT2D eigenvalue weighted by atomic mass is 10.2. The van der Waals surface area contributed by atoms with Crippen molar-refractivity contribution in [3.05, 3.63) is 60.2 Å². The first-order valence-electron chi connectivity index (χ1n) is 7.46. The maximum absolute atomic E-state index is 5.69. The summed E-state index contributed by atoms with van der Waals surface area (Å²) < 4.78 is 16.4. The highest BCUT2D eigenvalue weighted by Gasteiger charge is 2.16. The molecule has 0 amide bonds. The molecule has 120 valence electrons. The molecule has 6 heteroatoms. The second-order valence-electron chi connectivity index (χ2n) is 5.07. The van der Waals surface area contributed by atoms with Crippen molar-refractivity contribution in [1.82, 2.24) is 10.2 Å². The van der Waals surface area contributed by atoms with Crippen LogP contribution in [0.1, 0.15) is 5.56 Å². The zero-order valence-electron chi connectivity index (χ0n) is 12.7. The van der Waals surface area contributed by atoms with Crippen LogP contribution in [0.4, 0.5) is 0 Å². The van der Waals surface area contributed by atoms with Crippen molar-refractivity contribution >= 4 is 17.8 Å². The summed E-state index contributed by atoms with van der Waals surface area (Å²) in [6, 6.07) is 15.7. The van der Waals surface area contributed by atoms with E-state index < -0.39 is 0 Å². The predicted molar refractivity (Wildman–Crippen MR) is 92.1 cm³/mol. The van der Waals surface area contributed by atoms with Gasteiger partial charge in [-0.2, -0.15) is 0 Å². The summed E-state index contributed by atoms with van der Waals surface area (Å²) in [5, 5.41) is 8.70. The van der Waals surface area contributed by atoms with E-state index in [1.165, 1.54) is 17.3 Å². The van der Waals surface area contributed by atoms with E-state index in [1.54, 1.807) is 0 Å². The average molecular weight is 338 g/mol. The van der Waals surface area contributed by atoms with Gasteiger partial charge in [-0.25, -0.2) is 0 Å². The minimum atomic E-state index is 0.247. The van der Waals surface area contributed by atoms with E-state index in [9.17, 15) is 0 Å². The first kappa shape index (κ1) is 14.8. The summed E-state index contributed by atoms with van der Waals surface area (Å²) in [4.78, 5) is 0. The molecule has 0 spiro atoms. The fraction of sp³-hybridized carbons (Fsp3) is 0.111. The minimum absolute atomic E-state index is 0.247. The van der Waals surface area contributed by atoms with Gasteiger partial charge < -0.3 is 13.9 Å². The molecule has 1 aromatic heterocycles. The second-order valence-corrected chi connectivity index (χ2v) is 6.04. The second kappa shape index (κ2) is 6.80. The maximum atomic E-state index is 5.69. The molecule has 0 N–H and O–H groups in total. The first-order valence-corrected chi connectivity index (χ1v) is 8.45. The van der Waals surface area contributed by atoms with Gasteiger partial charge in [-0.05, 0) is 23.8 Å². The molecule has 0 atom stereocenters. The number of hydrogen-bond donors (Lipinski definition) is 0. The molecule has 2 aromatic carbocycles. The zero-order chi connectivity index (χ0) is 16.2. The van der Waals surface area contributed by atoms with Gasteiger partial charge in [-0.15, -0.1) is 10.2 Å². The van der Waals surface area contributed by atoms with E-state index in [0.29, 0.717) is 16.9 Å². The van der Waals surface area contributed by atoms with Crippen LogP contribution in [0.25, 0.3) is 17.5 Å². The quantitative estimate of drug-likeness (QED) is 0.648. The van der Waals surface area contributed by atoms with Gasteiger partial charge >= 0.3 is 0 Å². The summed E-state index contributed by atoms with van der Waals surface area (Å²) >= 11 is 1.50. The van der Waals surface area contributed by atoms with E-state index in [2.05, 4.69) is 34.5 Å². The molecule has 5 nitrogen and oxygen atoms in total. The van der Waals surface area contributed by atoms with Crippen LogP contribution in [-0.2, 0) is 0 Å². The summed E-state index contributed by atoms with van der Waals surface area (Å²) in [5.74, 6) is 2.67. The third kappa shape index (κ3) is 3.28. The largest absolute Gasteiger partial charge is 0.454 e. The molecular formula is C18H14N2O3S. The highest BCUT2D eigenvalue weighted by Crippen LogP contribution is 2.35. The van der Waals surface area contributed by atoms with Crippen LogP contribution in [0.5, 0.6) is 11.5 Å². The number of fused-ring (bicyclic) bond motifs is 1. The smallest absolute Gasteiger partial charge is 0.277 e. The highest BCUT2D eigenvalue weighted by molar-refractivity contribution is 7.99. The summed E-state index contributed by atoms with van der Waals surface area (Å²) in [7, 11) is 0. The van der Waals surface area contributed by atoms with Crippen molar-refractivity contribution in [2.75, 3.05) is 12.5 Å². The van der Waals surface area contributed by atoms with Crippen LogP contribution in [0.3, 0.4) is 0 Å². The Morgan fingerprint density at radius 2 is 1.88 bits per heavy atom. The van der Waals surface area contributed by atoms with Crippen molar-refractivity contribution in [1.29, 1.82) is 0 Å². The SMILES string of the molecule is C(=C\c1ccccc1)/CSc1nnc(-c2ccc3c(c2)OCO3)o1. The predicted octanol–water partition coefficient (Wildman–Crippen LogP) is 4.27. The Bertz CT molecular complexity index is 862. The lowest BCUT2D eigenvalue weighted by Crippen LogP contribution is -1.92. The molecule has 0 saturated heterocycles. The van der Waals surface area contributed by atoms with Crippen LogP contribution in [-0.4, -0.2) is 22.7 Å². The van der Waals surface area contributed by atoms with Gasteiger partial charge in [0, 0.05) is 11.3 Å². The molecule has 1 aliphatic heterocycles. The average Bonchev–Trinajstić information content (AvgIpc) is 3.28. The Hall–Kier alpha value is -2.73. The molecule has 2 heterocycles.